The van der Waals surface area contributed by atoms with Crippen molar-refractivity contribution in [2.45, 2.75) is 6.42 Å². The number of anilines is 1. The van der Waals surface area contributed by atoms with Crippen LogP contribution in [0.3, 0.4) is 0 Å². The summed E-state index contributed by atoms with van der Waals surface area (Å²) in [7, 11) is 1.50. The van der Waals surface area contributed by atoms with Crippen LogP contribution in [0.2, 0.25) is 10.0 Å². The second-order valence-corrected chi connectivity index (χ2v) is 4.54. The van der Waals surface area contributed by atoms with Gasteiger partial charge in [-0.2, -0.15) is 0 Å². The lowest BCUT2D eigenvalue weighted by atomic mass is 10.3. The van der Waals surface area contributed by atoms with E-state index in [1.54, 1.807) is 12.1 Å². The molecule has 0 saturated carbocycles. The number of carbonyl (C=O) groups excluding carboxylic acids is 2. The molecule has 0 aliphatic carbocycles. The minimum atomic E-state index is -0.380. The van der Waals surface area contributed by atoms with Gasteiger partial charge in [-0.25, -0.2) is 0 Å². The molecule has 19 heavy (non-hydrogen) atoms. The van der Waals surface area contributed by atoms with E-state index in [2.05, 4.69) is 10.6 Å². The van der Waals surface area contributed by atoms with Gasteiger partial charge < -0.3 is 15.4 Å². The molecular weight excluding hydrogens is 291 g/mol. The summed E-state index contributed by atoms with van der Waals surface area (Å²) in [4.78, 5) is 22.9. The maximum absolute atomic E-state index is 11.6. The minimum absolute atomic E-state index is 0.134. The number of hydrogen-bond acceptors (Lipinski definition) is 3. The monoisotopic (exact) mass is 304 g/mol. The first-order valence-electron chi connectivity index (χ1n) is 5.53. The number of nitrogens with one attached hydrogen (secondary N) is 2. The van der Waals surface area contributed by atoms with Crippen molar-refractivity contribution in [3.63, 3.8) is 0 Å². The summed E-state index contributed by atoms with van der Waals surface area (Å²) in [6, 6.07) is 4.73. The molecule has 0 aliphatic rings. The summed E-state index contributed by atoms with van der Waals surface area (Å²) >= 11 is 11.7. The number of hydrogen-bond donors (Lipinski definition) is 2. The topological polar surface area (TPSA) is 67.4 Å². The molecular formula is C12H14Cl2N2O3. The number of ether oxygens (including phenoxy) is 1. The van der Waals surface area contributed by atoms with Crippen LogP contribution in [-0.2, 0) is 14.3 Å². The van der Waals surface area contributed by atoms with Gasteiger partial charge in [0.1, 0.15) is 0 Å². The fourth-order valence-electron chi connectivity index (χ4n) is 1.25. The number of carbonyl (C=O) groups is 2. The van der Waals surface area contributed by atoms with Crippen LogP contribution in [0.4, 0.5) is 5.69 Å². The second kappa shape index (κ2) is 7.99. The molecule has 0 radical (unpaired) electrons. The van der Waals surface area contributed by atoms with Crippen molar-refractivity contribution in [3.8, 4) is 0 Å². The van der Waals surface area contributed by atoms with Crippen molar-refractivity contribution < 1.29 is 14.3 Å². The van der Waals surface area contributed by atoms with E-state index < -0.39 is 0 Å². The lowest BCUT2D eigenvalue weighted by Crippen LogP contribution is -2.33. The third-order valence-electron chi connectivity index (χ3n) is 2.18. The van der Waals surface area contributed by atoms with Gasteiger partial charge >= 0.3 is 0 Å². The van der Waals surface area contributed by atoms with Crippen LogP contribution in [0, 0.1) is 0 Å². The van der Waals surface area contributed by atoms with Gasteiger partial charge in [0, 0.05) is 18.6 Å². The van der Waals surface area contributed by atoms with Gasteiger partial charge in [-0.05, 0) is 18.2 Å². The van der Waals surface area contributed by atoms with E-state index >= 15 is 0 Å². The van der Waals surface area contributed by atoms with Crippen LogP contribution in [0.5, 0.6) is 0 Å². The van der Waals surface area contributed by atoms with Crippen molar-refractivity contribution in [1.82, 2.24) is 5.32 Å². The van der Waals surface area contributed by atoms with Crippen molar-refractivity contribution in [3.05, 3.63) is 28.2 Å². The lowest BCUT2D eigenvalue weighted by molar-refractivity contribution is -0.124. The van der Waals surface area contributed by atoms with Gasteiger partial charge in [0.15, 0.2) is 0 Å². The van der Waals surface area contributed by atoms with E-state index in [4.69, 9.17) is 27.9 Å². The molecule has 0 fully saturated rings. The zero-order chi connectivity index (χ0) is 14.3. The molecule has 0 unspecified atom stereocenters. The molecule has 0 atom stereocenters. The van der Waals surface area contributed by atoms with Gasteiger partial charge in [-0.15, -0.1) is 0 Å². The molecule has 1 aromatic carbocycles. The van der Waals surface area contributed by atoms with E-state index in [-0.39, 0.29) is 24.8 Å². The number of rotatable bonds is 6. The van der Waals surface area contributed by atoms with Gasteiger partial charge in [-0.3, -0.25) is 9.59 Å². The minimum Gasteiger partial charge on any atom is -0.384 e. The fourth-order valence-corrected chi connectivity index (χ4v) is 1.59. The van der Waals surface area contributed by atoms with Crippen molar-refractivity contribution >= 4 is 40.7 Å². The Labute approximate surface area is 121 Å². The van der Waals surface area contributed by atoms with Crippen molar-refractivity contribution in [1.29, 1.82) is 0 Å². The summed E-state index contributed by atoms with van der Waals surface area (Å²) in [5.74, 6) is -0.635. The molecule has 0 heterocycles. The molecule has 0 aromatic heterocycles. The zero-order valence-electron chi connectivity index (χ0n) is 10.3. The molecule has 5 nitrogen and oxygen atoms in total. The van der Waals surface area contributed by atoms with Crippen LogP contribution in [0.1, 0.15) is 6.42 Å². The molecule has 2 amide bonds. The molecule has 1 rings (SSSR count). The maximum atomic E-state index is 11.6. The van der Waals surface area contributed by atoms with Crippen LogP contribution >= 0.6 is 23.2 Å². The standard InChI is InChI=1S/C12H14Cl2N2O3/c1-19-5-4-11(17)15-7-12(18)16-10-6-8(13)2-3-9(10)14/h2-3,6H,4-5,7H2,1H3,(H,15,17)(H,16,18). The average molecular weight is 305 g/mol. The highest BCUT2D eigenvalue weighted by atomic mass is 35.5. The summed E-state index contributed by atoms with van der Waals surface area (Å²) in [5.41, 5.74) is 0.408. The predicted octanol–water partition coefficient (Wildman–Crippen LogP) is 2.08. The van der Waals surface area contributed by atoms with Crippen LogP contribution in [0.15, 0.2) is 18.2 Å². The smallest absolute Gasteiger partial charge is 0.243 e. The highest BCUT2D eigenvalue weighted by Gasteiger charge is 2.08. The van der Waals surface area contributed by atoms with Crippen molar-refractivity contribution in [2.75, 3.05) is 25.6 Å². The van der Waals surface area contributed by atoms with Crippen molar-refractivity contribution in [2.24, 2.45) is 0 Å². The van der Waals surface area contributed by atoms with Gasteiger partial charge in [-0.1, -0.05) is 23.2 Å². The SMILES string of the molecule is COCCC(=O)NCC(=O)Nc1cc(Cl)ccc1Cl. The Balaban J connectivity index is 2.43. The summed E-state index contributed by atoms with van der Waals surface area (Å²) in [6.45, 7) is 0.180. The Morgan fingerprint density at radius 3 is 2.68 bits per heavy atom. The quantitative estimate of drug-likeness (QED) is 0.845. The first-order valence-corrected chi connectivity index (χ1v) is 6.29. The Morgan fingerprint density at radius 1 is 1.26 bits per heavy atom. The highest BCUT2D eigenvalue weighted by molar-refractivity contribution is 6.35. The maximum Gasteiger partial charge on any atom is 0.243 e. The largest absolute Gasteiger partial charge is 0.384 e. The molecule has 7 heteroatoms. The van der Waals surface area contributed by atoms with E-state index in [0.717, 1.165) is 0 Å². The molecule has 1 aromatic rings. The number of halogens is 2. The number of methoxy groups -OCH3 is 1. The summed E-state index contributed by atoms with van der Waals surface area (Å²) in [6.07, 6.45) is 0.210. The Kier molecular flexibility index (Phi) is 6.62. The lowest BCUT2D eigenvalue weighted by Gasteiger charge is -2.08. The zero-order valence-corrected chi connectivity index (χ0v) is 11.8. The average Bonchev–Trinajstić information content (AvgIpc) is 2.38. The first-order chi connectivity index (χ1) is 9.02. The second-order valence-electron chi connectivity index (χ2n) is 3.69. The van der Waals surface area contributed by atoms with Crippen LogP contribution in [0.25, 0.3) is 0 Å². The van der Waals surface area contributed by atoms with Crippen LogP contribution in [-0.4, -0.2) is 32.1 Å². The van der Waals surface area contributed by atoms with Crippen LogP contribution < -0.4 is 10.6 Å². The fraction of sp³-hybridized carbons (Fsp3) is 0.333. The molecule has 0 aliphatic heterocycles. The van der Waals surface area contributed by atoms with Gasteiger partial charge in [0.25, 0.3) is 0 Å². The van der Waals surface area contributed by atoms with Gasteiger partial charge in [0.2, 0.25) is 11.8 Å². The molecule has 104 valence electrons. The first kappa shape index (κ1) is 15.8. The van der Waals surface area contributed by atoms with Gasteiger partial charge in [0.05, 0.1) is 23.9 Å². The highest BCUT2D eigenvalue weighted by Crippen LogP contribution is 2.25. The van der Waals surface area contributed by atoms with E-state index in [1.807, 2.05) is 0 Å². The Hall–Kier alpha value is -1.30. The molecule has 2 N–H and O–H groups in total. The Bertz CT molecular complexity index is 466. The summed E-state index contributed by atoms with van der Waals surface area (Å²) in [5, 5.41) is 5.87. The normalized spacial score (nSPS) is 10.1. The third-order valence-corrected chi connectivity index (χ3v) is 2.75. The Morgan fingerprint density at radius 2 is 2.00 bits per heavy atom. The van der Waals surface area contributed by atoms with E-state index in [9.17, 15) is 9.59 Å². The number of amides is 2. The number of benzene rings is 1. The molecule has 0 saturated heterocycles. The third kappa shape index (κ3) is 5.92. The molecule has 0 bridgehead atoms. The van der Waals surface area contributed by atoms with E-state index in [0.29, 0.717) is 22.3 Å². The predicted molar refractivity (Wildman–Crippen MR) is 74.6 cm³/mol. The summed E-state index contributed by atoms with van der Waals surface area (Å²) < 4.78 is 4.75. The molecule has 0 spiro atoms. The van der Waals surface area contributed by atoms with E-state index in [1.165, 1.54) is 13.2 Å².